The minimum Gasteiger partial charge on any atom is -0.340 e. The van der Waals surface area contributed by atoms with Crippen molar-refractivity contribution in [2.75, 3.05) is 37.6 Å². The van der Waals surface area contributed by atoms with Gasteiger partial charge in [0.15, 0.2) is 0 Å². The molecular formula is C23H31N5O4S. The molecule has 0 bridgehead atoms. The minimum atomic E-state index is -3.68. The molecule has 0 N–H and O–H groups in total. The van der Waals surface area contributed by atoms with E-state index in [4.69, 9.17) is 0 Å². The molecule has 0 saturated carbocycles. The first-order valence-electron chi connectivity index (χ1n) is 11.2. The molecule has 33 heavy (non-hydrogen) atoms. The van der Waals surface area contributed by atoms with Gasteiger partial charge < -0.3 is 9.80 Å². The second-order valence-corrected chi connectivity index (χ2v) is 10.9. The van der Waals surface area contributed by atoms with Crippen LogP contribution in [0.25, 0.3) is 0 Å². The first-order valence-corrected chi connectivity index (χ1v) is 12.6. The molecular weight excluding hydrogens is 442 g/mol. The molecule has 0 spiro atoms. The first kappa shape index (κ1) is 23.4. The van der Waals surface area contributed by atoms with Crippen LogP contribution in [0, 0.1) is 33.6 Å². The normalized spacial score (nSPS) is 20.0. The quantitative estimate of drug-likeness (QED) is 0.671. The van der Waals surface area contributed by atoms with E-state index in [0.717, 1.165) is 16.8 Å². The average molecular weight is 474 g/mol. The number of benzene rings is 1. The van der Waals surface area contributed by atoms with E-state index in [0.29, 0.717) is 31.0 Å². The molecule has 3 heterocycles. The van der Waals surface area contributed by atoms with Crippen LogP contribution in [0.2, 0.25) is 0 Å². The zero-order chi connectivity index (χ0) is 24.1. The highest BCUT2D eigenvalue weighted by atomic mass is 32.2. The van der Waals surface area contributed by atoms with Crippen LogP contribution in [-0.4, -0.2) is 71.9 Å². The lowest BCUT2D eigenvalue weighted by molar-refractivity contribution is -0.136. The average Bonchev–Trinajstić information content (AvgIpc) is 3.28. The van der Waals surface area contributed by atoms with Gasteiger partial charge >= 0.3 is 0 Å². The molecule has 0 unspecified atom stereocenters. The summed E-state index contributed by atoms with van der Waals surface area (Å²) in [6.07, 6.45) is 0.179. The Labute approximate surface area is 195 Å². The van der Waals surface area contributed by atoms with Crippen LogP contribution in [0.1, 0.15) is 28.9 Å². The predicted molar refractivity (Wildman–Crippen MR) is 124 cm³/mol. The zero-order valence-electron chi connectivity index (χ0n) is 19.8. The van der Waals surface area contributed by atoms with E-state index in [1.807, 2.05) is 32.0 Å². The number of rotatable bonds is 4. The minimum absolute atomic E-state index is 0.0552. The van der Waals surface area contributed by atoms with E-state index in [1.165, 1.54) is 4.31 Å². The lowest BCUT2D eigenvalue weighted by atomic mass is 10.1. The Morgan fingerprint density at radius 1 is 1.03 bits per heavy atom. The van der Waals surface area contributed by atoms with E-state index >= 15 is 0 Å². The van der Waals surface area contributed by atoms with Crippen molar-refractivity contribution in [1.29, 1.82) is 0 Å². The summed E-state index contributed by atoms with van der Waals surface area (Å²) in [7, 11) is -1.96. The van der Waals surface area contributed by atoms with Crippen LogP contribution in [0.5, 0.6) is 0 Å². The van der Waals surface area contributed by atoms with Crippen LogP contribution < -0.4 is 4.90 Å². The Hall–Kier alpha value is -2.72. The van der Waals surface area contributed by atoms with Gasteiger partial charge in [0.1, 0.15) is 4.90 Å². The Morgan fingerprint density at radius 3 is 2.27 bits per heavy atom. The molecule has 2 saturated heterocycles. The number of sulfonamides is 1. The molecule has 1 aromatic heterocycles. The smallest absolute Gasteiger partial charge is 0.246 e. The van der Waals surface area contributed by atoms with Crippen molar-refractivity contribution >= 4 is 27.5 Å². The molecule has 2 fully saturated rings. The number of aryl methyl sites for hydroxylation is 4. The monoisotopic (exact) mass is 473 g/mol. The van der Waals surface area contributed by atoms with Crippen LogP contribution in [0.4, 0.5) is 5.69 Å². The number of anilines is 1. The molecule has 178 valence electrons. The van der Waals surface area contributed by atoms with E-state index in [9.17, 15) is 18.0 Å². The highest BCUT2D eigenvalue weighted by Gasteiger charge is 2.39. The predicted octanol–water partition coefficient (Wildman–Crippen LogP) is 1.54. The number of amides is 2. The van der Waals surface area contributed by atoms with Crippen molar-refractivity contribution in [3.63, 3.8) is 0 Å². The van der Waals surface area contributed by atoms with Gasteiger partial charge in [-0.05, 0) is 51.0 Å². The first-order chi connectivity index (χ1) is 15.5. The van der Waals surface area contributed by atoms with Gasteiger partial charge in [0.05, 0.1) is 17.3 Å². The van der Waals surface area contributed by atoms with E-state index in [1.54, 1.807) is 35.4 Å². The van der Waals surface area contributed by atoms with Crippen molar-refractivity contribution in [2.24, 2.45) is 13.0 Å². The molecule has 4 rings (SSSR count). The van der Waals surface area contributed by atoms with Gasteiger partial charge in [-0.1, -0.05) is 6.07 Å². The molecule has 2 aliphatic heterocycles. The van der Waals surface area contributed by atoms with Crippen molar-refractivity contribution in [1.82, 2.24) is 19.0 Å². The van der Waals surface area contributed by atoms with Crippen molar-refractivity contribution in [3.8, 4) is 0 Å². The Bertz CT molecular complexity index is 1210. The zero-order valence-corrected chi connectivity index (χ0v) is 20.6. The SMILES string of the molecule is Cc1ccc(N2C[C@@H](C(=O)N3CCN(S(=O)(=O)c4c(C)nn(C)c4C)CC3)CC2=O)cc1C. The second-order valence-electron chi connectivity index (χ2n) is 9.03. The summed E-state index contributed by atoms with van der Waals surface area (Å²) in [5.74, 6) is -0.550. The van der Waals surface area contributed by atoms with Gasteiger partial charge in [-0.15, -0.1) is 0 Å². The highest BCUT2D eigenvalue weighted by molar-refractivity contribution is 7.89. The molecule has 0 radical (unpaired) electrons. The number of nitrogens with zero attached hydrogens (tertiary/aromatic N) is 5. The highest BCUT2D eigenvalue weighted by Crippen LogP contribution is 2.29. The summed E-state index contributed by atoms with van der Waals surface area (Å²) >= 11 is 0. The van der Waals surface area contributed by atoms with E-state index in [2.05, 4.69) is 5.10 Å². The van der Waals surface area contributed by atoms with Gasteiger partial charge in [-0.3, -0.25) is 14.3 Å². The fraction of sp³-hybridized carbons (Fsp3) is 0.522. The molecule has 2 amide bonds. The number of hydrogen-bond acceptors (Lipinski definition) is 5. The molecule has 10 heteroatoms. The molecule has 1 aromatic carbocycles. The summed E-state index contributed by atoms with van der Waals surface area (Å²) in [5.41, 5.74) is 4.15. The number of carbonyl (C=O) groups excluding carboxylic acids is 2. The molecule has 9 nitrogen and oxygen atoms in total. The third-order valence-electron chi connectivity index (χ3n) is 6.87. The summed E-state index contributed by atoms with van der Waals surface area (Å²) in [4.78, 5) is 29.4. The third-order valence-corrected chi connectivity index (χ3v) is 9.02. The van der Waals surface area contributed by atoms with Gasteiger partial charge in [-0.25, -0.2) is 8.42 Å². The topological polar surface area (TPSA) is 95.8 Å². The Morgan fingerprint density at radius 2 is 1.70 bits per heavy atom. The van der Waals surface area contributed by atoms with Crippen LogP contribution in [0.15, 0.2) is 23.1 Å². The molecule has 0 aliphatic carbocycles. The molecule has 2 aromatic rings. The van der Waals surface area contributed by atoms with E-state index < -0.39 is 15.9 Å². The summed E-state index contributed by atoms with van der Waals surface area (Å²) < 4.78 is 29.4. The summed E-state index contributed by atoms with van der Waals surface area (Å²) in [6.45, 7) is 8.89. The van der Waals surface area contributed by atoms with Crippen LogP contribution >= 0.6 is 0 Å². The Balaban J connectivity index is 1.41. The van der Waals surface area contributed by atoms with Crippen molar-refractivity contribution < 1.29 is 18.0 Å². The van der Waals surface area contributed by atoms with Gasteiger partial charge in [0.25, 0.3) is 0 Å². The largest absolute Gasteiger partial charge is 0.340 e. The number of hydrogen-bond donors (Lipinski definition) is 0. The van der Waals surface area contributed by atoms with Crippen molar-refractivity contribution in [3.05, 3.63) is 40.7 Å². The van der Waals surface area contributed by atoms with Crippen LogP contribution in [-0.2, 0) is 26.7 Å². The maximum absolute atomic E-state index is 13.2. The summed E-state index contributed by atoms with van der Waals surface area (Å²) in [5, 5.41) is 4.23. The number of carbonyl (C=O) groups is 2. The number of aromatic nitrogens is 2. The van der Waals surface area contributed by atoms with Gasteiger partial charge in [-0.2, -0.15) is 9.40 Å². The lowest BCUT2D eigenvalue weighted by Crippen LogP contribution is -2.52. The van der Waals surface area contributed by atoms with Crippen LogP contribution in [0.3, 0.4) is 0 Å². The maximum atomic E-state index is 13.2. The maximum Gasteiger partial charge on any atom is 0.246 e. The molecule has 1 atom stereocenters. The van der Waals surface area contributed by atoms with Crippen molar-refractivity contribution in [2.45, 2.75) is 39.0 Å². The second kappa shape index (κ2) is 8.57. The fourth-order valence-electron chi connectivity index (χ4n) is 4.68. The lowest BCUT2D eigenvalue weighted by Gasteiger charge is -2.35. The molecule has 2 aliphatic rings. The number of piperazine rings is 1. The van der Waals surface area contributed by atoms with Gasteiger partial charge in [0, 0.05) is 51.9 Å². The Kier molecular flexibility index (Phi) is 6.09. The fourth-order valence-corrected chi connectivity index (χ4v) is 6.50. The standard InChI is InChI=1S/C23H31N5O4S/c1-15-6-7-20(12-16(15)2)28-14-19(13-21(28)29)23(30)26-8-10-27(11-9-26)33(31,32)22-17(3)24-25(5)18(22)4/h6-7,12,19H,8-11,13-14H2,1-5H3/t19-/m0/s1. The third kappa shape index (κ3) is 4.17. The van der Waals surface area contributed by atoms with Gasteiger partial charge in [0.2, 0.25) is 21.8 Å². The van der Waals surface area contributed by atoms with E-state index in [-0.39, 0.29) is 36.2 Å². The summed E-state index contributed by atoms with van der Waals surface area (Å²) in [6, 6.07) is 5.88.